The van der Waals surface area contributed by atoms with E-state index in [2.05, 4.69) is 14.2 Å². The van der Waals surface area contributed by atoms with Gasteiger partial charge in [-0.2, -0.15) is 8.42 Å². The summed E-state index contributed by atoms with van der Waals surface area (Å²) in [5, 5.41) is 0. The van der Waals surface area contributed by atoms with E-state index in [0.29, 0.717) is 0 Å². The van der Waals surface area contributed by atoms with Gasteiger partial charge >= 0.3 is 18.5 Å². The van der Waals surface area contributed by atoms with Crippen molar-refractivity contribution in [3.05, 3.63) is 0 Å². The van der Waals surface area contributed by atoms with Gasteiger partial charge in [-0.1, -0.05) is 0 Å². The summed E-state index contributed by atoms with van der Waals surface area (Å²) in [6, 6.07) is 0. The molecule has 1 heterocycles. The third-order valence-corrected chi connectivity index (χ3v) is 4.76. The molecule has 0 N–H and O–H groups in total. The Morgan fingerprint density at radius 3 is 1.77 bits per heavy atom. The molecule has 0 bridgehead atoms. The van der Waals surface area contributed by atoms with Crippen molar-refractivity contribution in [3.63, 3.8) is 0 Å². The van der Waals surface area contributed by atoms with E-state index in [0.717, 1.165) is 39.3 Å². The van der Waals surface area contributed by atoms with Crippen LogP contribution in [0.5, 0.6) is 0 Å². The largest absolute Gasteiger partial charge is 0.508 e. The Morgan fingerprint density at radius 2 is 1.31 bits per heavy atom. The van der Waals surface area contributed by atoms with Gasteiger partial charge in [0.15, 0.2) is 23.7 Å². The van der Waals surface area contributed by atoms with E-state index in [9.17, 15) is 22.8 Å². The second kappa shape index (κ2) is 9.68. The predicted molar refractivity (Wildman–Crippen MR) is 84.0 cm³/mol. The topological polar surface area (TPSA) is 150 Å². The Balaban J connectivity index is 3.16. The molecular weight excluding hydrogens is 400 g/mol. The minimum absolute atomic E-state index is 0.0576. The SMILES string of the molecule is COC(=O)O[C@@H]1[C@@H](OC(=O)OC)[C@H](OC(=O)OC)CS[C@H]1OS(C)(=O)=O. The fourth-order valence-electron chi connectivity index (χ4n) is 1.86. The summed E-state index contributed by atoms with van der Waals surface area (Å²) in [6.45, 7) is 0. The lowest BCUT2D eigenvalue weighted by atomic mass is 10.1. The van der Waals surface area contributed by atoms with Crippen LogP contribution in [-0.2, 0) is 42.7 Å². The Bertz CT molecular complexity index is 618. The Labute approximate surface area is 153 Å². The molecule has 4 atom stereocenters. The summed E-state index contributed by atoms with van der Waals surface area (Å²) in [4.78, 5) is 34.4. The zero-order valence-electron chi connectivity index (χ0n) is 14.2. The third-order valence-electron chi connectivity index (χ3n) is 2.87. The lowest BCUT2D eigenvalue weighted by Crippen LogP contribution is -2.55. The molecule has 1 rings (SSSR count). The third kappa shape index (κ3) is 6.76. The molecule has 0 aromatic carbocycles. The van der Waals surface area contributed by atoms with Gasteiger partial charge in [0.2, 0.25) is 0 Å². The van der Waals surface area contributed by atoms with Gasteiger partial charge in [-0.15, -0.1) is 11.8 Å². The van der Waals surface area contributed by atoms with Crippen LogP contribution >= 0.6 is 11.8 Å². The monoisotopic (exact) mass is 418 g/mol. The van der Waals surface area contributed by atoms with Crippen LogP contribution in [0, 0.1) is 0 Å². The van der Waals surface area contributed by atoms with E-state index in [1.54, 1.807) is 0 Å². The van der Waals surface area contributed by atoms with E-state index in [1.807, 2.05) is 0 Å². The maximum atomic E-state index is 11.5. The van der Waals surface area contributed by atoms with Gasteiger partial charge in [-0.3, -0.25) is 4.18 Å². The van der Waals surface area contributed by atoms with Gasteiger partial charge in [-0.25, -0.2) is 14.4 Å². The zero-order valence-corrected chi connectivity index (χ0v) is 15.9. The molecule has 0 aromatic rings. The molecule has 1 aliphatic heterocycles. The molecule has 150 valence electrons. The van der Waals surface area contributed by atoms with Crippen LogP contribution in [0.15, 0.2) is 0 Å². The molecule has 12 nitrogen and oxygen atoms in total. The lowest BCUT2D eigenvalue weighted by molar-refractivity contribution is -0.115. The number of ether oxygens (including phenoxy) is 6. The van der Waals surface area contributed by atoms with E-state index >= 15 is 0 Å². The number of thioether (sulfide) groups is 1. The van der Waals surface area contributed by atoms with E-state index < -0.39 is 52.3 Å². The maximum absolute atomic E-state index is 11.5. The molecule has 0 unspecified atom stereocenters. The molecule has 26 heavy (non-hydrogen) atoms. The number of rotatable bonds is 5. The molecule has 1 aliphatic rings. The average Bonchev–Trinajstić information content (AvgIpc) is 2.57. The van der Waals surface area contributed by atoms with Gasteiger partial charge in [-0.05, 0) is 0 Å². The normalized spacial score (nSPS) is 25.5. The summed E-state index contributed by atoms with van der Waals surface area (Å²) in [7, 11) is -0.855. The minimum atomic E-state index is -3.96. The van der Waals surface area contributed by atoms with Crippen molar-refractivity contribution in [3.8, 4) is 0 Å². The van der Waals surface area contributed by atoms with Gasteiger partial charge < -0.3 is 28.4 Å². The standard InChI is InChI=1S/C12H18O12S2/c1-18-10(13)21-6-5-25-9(24-26(4,16)17)8(23-12(15)20-3)7(6)22-11(14)19-2/h6-9H,5H2,1-4H3/t6-,7+,8-,9-/m1/s1. The van der Waals surface area contributed by atoms with Gasteiger partial charge in [0, 0.05) is 5.75 Å². The quantitative estimate of drug-likeness (QED) is 0.346. The number of carbonyl (C=O) groups is 3. The summed E-state index contributed by atoms with van der Waals surface area (Å²) in [6.07, 6.45) is -6.78. The van der Waals surface area contributed by atoms with Crippen molar-refractivity contribution in [2.75, 3.05) is 33.3 Å². The van der Waals surface area contributed by atoms with Crippen molar-refractivity contribution in [2.24, 2.45) is 0 Å². The molecule has 0 spiro atoms. The van der Waals surface area contributed by atoms with Gasteiger partial charge in [0.1, 0.15) is 0 Å². The van der Waals surface area contributed by atoms with Crippen LogP contribution in [-0.4, -0.2) is 84.0 Å². The lowest BCUT2D eigenvalue weighted by Gasteiger charge is -2.38. The first-order valence-corrected chi connectivity index (χ1v) is 9.71. The molecule has 0 aromatic heterocycles. The molecule has 1 fully saturated rings. The predicted octanol–water partition coefficient (Wildman–Crippen LogP) is 0.490. The molecular formula is C12H18O12S2. The molecule has 14 heteroatoms. The molecule has 0 radical (unpaired) electrons. The Morgan fingerprint density at radius 1 is 0.846 bits per heavy atom. The van der Waals surface area contributed by atoms with E-state index in [1.165, 1.54) is 0 Å². The maximum Gasteiger partial charge on any atom is 0.508 e. The van der Waals surface area contributed by atoms with Crippen molar-refractivity contribution >= 4 is 40.3 Å². The van der Waals surface area contributed by atoms with Crippen LogP contribution in [0.2, 0.25) is 0 Å². The number of hydrogen-bond donors (Lipinski definition) is 0. The Kier molecular flexibility index (Phi) is 8.23. The summed E-state index contributed by atoms with van der Waals surface area (Å²) < 4.78 is 55.8. The summed E-state index contributed by atoms with van der Waals surface area (Å²) in [5.41, 5.74) is -1.30. The van der Waals surface area contributed by atoms with Crippen molar-refractivity contribution in [1.82, 2.24) is 0 Å². The second-order valence-electron chi connectivity index (χ2n) is 4.69. The van der Waals surface area contributed by atoms with Crippen LogP contribution in [0.1, 0.15) is 0 Å². The number of hydrogen-bond acceptors (Lipinski definition) is 13. The zero-order chi connectivity index (χ0) is 19.9. The highest BCUT2D eigenvalue weighted by atomic mass is 32.2. The number of methoxy groups -OCH3 is 3. The van der Waals surface area contributed by atoms with Crippen LogP contribution in [0.3, 0.4) is 0 Å². The first-order chi connectivity index (χ1) is 12.1. The summed E-state index contributed by atoms with van der Waals surface area (Å²) in [5.74, 6) is -0.0576. The van der Waals surface area contributed by atoms with Crippen molar-refractivity contribution in [2.45, 2.75) is 23.7 Å². The highest BCUT2D eigenvalue weighted by molar-refractivity contribution is 8.00. The molecule has 0 amide bonds. The summed E-state index contributed by atoms with van der Waals surface area (Å²) >= 11 is 0.851. The second-order valence-corrected chi connectivity index (χ2v) is 7.42. The van der Waals surface area contributed by atoms with E-state index in [4.69, 9.17) is 18.4 Å². The van der Waals surface area contributed by atoms with Gasteiger partial charge in [0.25, 0.3) is 10.1 Å². The smallest absolute Gasteiger partial charge is 0.438 e. The van der Waals surface area contributed by atoms with E-state index in [-0.39, 0.29) is 5.75 Å². The molecule has 0 saturated carbocycles. The fraction of sp³-hybridized carbons (Fsp3) is 0.750. The minimum Gasteiger partial charge on any atom is -0.438 e. The Hall–Kier alpha value is -1.93. The van der Waals surface area contributed by atoms with Crippen LogP contribution in [0.4, 0.5) is 14.4 Å². The first-order valence-electron chi connectivity index (χ1n) is 6.85. The van der Waals surface area contributed by atoms with Crippen LogP contribution in [0.25, 0.3) is 0 Å². The van der Waals surface area contributed by atoms with Crippen molar-refractivity contribution < 1.29 is 55.4 Å². The fourth-order valence-corrected chi connectivity index (χ4v) is 4.00. The highest BCUT2D eigenvalue weighted by Crippen LogP contribution is 2.34. The van der Waals surface area contributed by atoms with Gasteiger partial charge in [0.05, 0.1) is 27.6 Å². The van der Waals surface area contributed by atoms with Crippen molar-refractivity contribution in [1.29, 1.82) is 0 Å². The van der Waals surface area contributed by atoms with Crippen LogP contribution < -0.4 is 0 Å². The molecule has 0 aliphatic carbocycles. The average molecular weight is 418 g/mol. The highest BCUT2D eigenvalue weighted by Gasteiger charge is 2.49. The molecule has 1 saturated heterocycles. The first kappa shape index (κ1) is 22.1. The number of carbonyl (C=O) groups excluding carboxylic acids is 3.